The summed E-state index contributed by atoms with van der Waals surface area (Å²) in [6.45, 7) is 4.55. The first kappa shape index (κ1) is 15.0. The molecule has 0 aromatic heterocycles. The Kier molecular flexibility index (Phi) is 4.81. The van der Waals surface area contributed by atoms with Gasteiger partial charge in [0.25, 0.3) is 0 Å². The summed E-state index contributed by atoms with van der Waals surface area (Å²) in [5.41, 5.74) is 4.31. The number of Topliss-reactive ketones (excluding diaryl/α,β-unsaturated/α-hetero) is 1. The highest BCUT2D eigenvalue weighted by Crippen LogP contribution is 2.20. The Bertz CT molecular complexity index is 619. The third kappa shape index (κ3) is 3.60. The molecule has 0 radical (unpaired) electrons. The maximum absolute atomic E-state index is 12.3. The molecule has 2 aromatic carbocycles. The van der Waals surface area contributed by atoms with Gasteiger partial charge < -0.3 is 4.90 Å². The minimum absolute atomic E-state index is 0.142. The summed E-state index contributed by atoms with van der Waals surface area (Å²) in [6.07, 6.45) is 0. The SMILES string of the molecule is Cc1ccc(N(C)CC(=O)c2ccc(I)cc2)c(C)c1. The van der Waals surface area contributed by atoms with E-state index in [4.69, 9.17) is 0 Å². The quantitative estimate of drug-likeness (QED) is 0.586. The van der Waals surface area contributed by atoms with Crippen molar-refractivity contribution in [3.05, 3.63) is 62.7 Å². The molecule has 3 heteroatoms. The number of hydrogen-bond donors (Lipinski definition) is 0. The first-order valence-corrected chi connectivity index (χ1v) is 7.62. The summed E-state index contributed by atoms with van der Waals surface area (Å²) in [5, 5.41) is 0. The van der Waals surface area contributed by atoms with Gasteiger partial charge in [0.05, 0.1) is 6.54 Å². The van der Waals surface area contributed by atoms with Crippen LogP contribution in [0.1, 0.15) is 21.5 Å². The number of ketones is 1. The van der Waals surface area contributed by atoms with Crippen molar-refractivity contribution >= 4 is 34.1 Å². The topological polar surface area (TPSA) is 20.3 Å². The van der Waals surface area contributed by atoms with Crippen molar-refractivity contribution in [1.29, 1.82) is 0 Å². The molecule has 0 spiro atoms. The third-order valence-corrected chi connectivity index (χ3v) is 4.03. The molecule has 0 saturated carbocycles. The zero-order valence-electron chi connectivity index (χ0n) is 12.0. The summed E-state index contributed by atoms with van der Waals surface area (Å²) in [4.78, 5) is 14.3. The first-order chi connectivity index (χ1) is 9.47. The molecule has 0 aliphatic rings. The number of likely N-dealkylation sites (N-methyl/N-ethyl adjacent to an activating group) is 1. The van der Waals surface area contributed by atoms with Gasteiger partial charge in [-0.3, -0.25) is 4.79 Å². The lowest BCUT2D eigenvalue weighted by atomic mass is 10.1. The normalized spacial score (nSPS) is 10.4. The monoisotopic (exact) mass is 379 g/mol. The average molecular weight is 379 g/mol. The summed E-state index contributed by atoms with van der Waals surface area (Å²) < 4.78 is 1.14. The molecule has 0 aliphatic carbocycles. The van der Waals surface area contributed by atoms with Crippen molar-refractivity contribution in [2.45, 2.75) is 13.8 Å². The van der Waals surface area contributed by atoms with Gasteiger partial charge in [-0.25, -0.2) is 0 Å². The Balaban J connectivity index is 2.12. The standard InChI is InChI=1S/C17H18INO/c1-12-4-9-16(13(2)10-12)19(3)11-17(20)14-5-7-15(18)8-6-14/h4-10H,11H2,1-3H3. The number of nitrogens with zero attached hydrogens (tertiary/aromatic N) is 1. The predicted molar refractivity (Wildman–Crippen MR) is 92.7 cm³/mol. The molecule has 0 atom stereocenters. The Hall–Kier alpha value is -1.36. The zero-order valence-corrected chi connectivity index (χ0v) is 14.1. The van der Waals surface area contributed by atoms with Crippen molar-refractivity contribution in [2.75, 3.05) is 18.5 Å². The largest absolute Gasteiger partial charge is 0.367 e. The molecular weight excluding hydrogens is 361 g/mol. The van der Waals surface area contributed by atoms with Gasteiger partial charge in [0.2, 0.25) is 0 Å². The smallest absolute Gasteiger partial charge is 0.182 e. The number of aryl methyl sites for hydroxylation is 2. The molecule has 0 amide bonds. The second-order valence-corrected chi connectivity index (χ2v) is 6.32. The van der Waals surface area contributed by atoms with E-state index in [0.717, 1.165) is 14.8 Å². The number of hydrogen-bond acceptors (Lipinski definition) is 2. The summed E-state index contributed by atoms with van der Waals surface area (Å²) >= 11 is 2.24. The number of halogens is 1. The molecule has 0 saturated heterocycles. The van der Waals surface area contributed by atoms with Gasteiger partial charge in [0.15, 0.2) is 5.78 Å². The molecule has 104 valence electrons. The van der Waals surface area contributed by atoms with Gasteiger partial charge in [-0.15, -0.1) is 0 Å². The lowest BCUT2D eigenvalue weighted by molar-refractivity contribution is 0.100. The van der Waals surface area contributed by atoms with E-state index in [2.05, 4.69) is 54.6 Å². The third-order valence-electron chi connectivity index (χ3n) is 3.31. The molecule has 0 bridgehead atoms. The average Bonchev–Trinajstić information content (AvgIpc) is 2.39. The molecule has 0 aliphatic heterocycles. The number of rotatable bonds is 4. The summed E-state index contributed by atoms with van der Waals surface area (Å²) in [6, 6.07) is 14.0. The Morgan fingerprint density at radius 3 is 2.35 bits per heavy atom. The fraction of sp³-hybridized carbons (Fsp3) is 0.235. The highest BCUT2D eigenvalue weighted by atomic mass is 127. The number of carbonyl (C=O) groups is 1. The van der Waals surface area contributed by atoms with E-state index in [1.54, 1.807) is 0 Å². The number of carbonyl (C=O) groups excluding carboxylic acids is 1. The Morgan fingerprint density at radius 2 is 1.75 bits per heavy atom. The predicted octanol–water partition coefficient (Wildman–Crippen LogP) is 4.23. The van der Waals surface area contributed by atoms with Gasteiger partial charge >= 0.3 is 0 Å². The van der Waals surface area contributed by atoms with E-state index >= 15 is 0 Å². The van der Waals surface area contributed by atoms with Crippen molar-refractivity contribution in [3.8, 4) is 0 Å². The molecule has 2 rings (SSSR count). The minimum atomic E-state index is 0.142. The molecule has 20 heavy (non-hydrogen) atoms. The van der Waals surface area contributed by atoms with Crippen LogP contribution in [0.15, 0.2) is 42.5 Å². The van der Waals surface area contributed by atoms with E-state index in [1.165, 1.54) is 11.1 Å². The van der Waals surface area contributed by atoms with Crippen LogP contribution in [0, 0.1) is 17.4 Å². The number of benzene rings is 2. The van der Waals surface area contributed by atoms with Crippen LogP contribution in [-0.2, 0) is 0 Å². The van der Waals surface area contributed by atoms with Crippen molar-refractivity contribution in [2.24, 2.45) is 0 Å². The fourth-order valence-corrected chi connectivity index (χ4v) is 2.62. The minimum Gasteiger partial charge on any atom is -0.367 e. The van der Waals surface area contributed by atoms with E-state index in [0.29, 0.717) is 6.54 Å². The van der Waals surface area contributed by atoms with Gasteiger partial charge in [0, 0.05) is 21.9 Å². The van der Waals surface area contributed by atoms with Crippen LogP contribution in [0.3, 0.4) is 0 Å². The lowest BCUT2D eigenvalue weighted by Crippen LogP contribution is -2.26. The van der Waals surface area contributed by atoms with E-state index in [1.807, 2.05) is 36.2 Å². The second-order valence-electron chi connectivity index (χ2n) is 5.08. The maximum Gasteiger partial charge on any atom is 0.182 e. The molecule has 0 heterocycles. The molecule has 2 aromatic rings. The van der Waals surface area contributed by atoms with Crippen LogP contribution >= 0.6 is 22.6 Å². The Labute approximate surface area is 133 Å². The van der Waals surface area contributed by atoms with Crippen molar-refractivity contribution in [1.82, 2.24) is 0 Å². The highest BCUT2D eigenvalue weighted by molar-refractivity contribution is 14.1. The van der Waals surface area contributed by atoms with Crippen LogP contribution in [0.2, 0.25) is 0 Å². The molecule has 0 unspecified atom stereocenters. The van der Waals surface area contributed by atoms with E-state index in [-0.39, 0.29) is 5.78 Å². The molecule has 0 N–H and O–H groups in total. The van der Waals surface area contributed by atoms with E-state index in [9.17, 15) is 4.79 Å². The van der Waals surface area contributed by atoms with Crippen molar-refractivity contribution < 1.29 is 4.79 Å². The van der Waals surface area contributed by atoms with Crippen LogP contribution in [0.25, 0.3) is 0 Å². The zero-order chi connectivity index (χ0) is 14.7. The van der Waals surface area contributed by atoms with Gasteiger partial charge in [-0.1, -0.05) is 29.8 Å². The maximum atomic E-state index is 12.3. The van der Waals surface area contributed by atoms with Crippen LogP contribution in [0.5, 0.6) is 0 Å². The second kappa shape index (κ2) is 6.39. The first-order valence-electron chi connectivity index (χ1n) is 6.54. The Morgan fingerprint density at radius 1 is 1.10 bits per heavy atom. The van der Waals surface area contributed by atoms with Crippen LogP contribution in [0.4, 0.5) is 5.69 Å². The summed E-state index contributed by atoms with van der Waals surface area (Å²) in [7, 11) is 1.96. The van der Waals surface area contributed by atoms with Gasteiger partial charge in [-0.05, 0) is 60.2 Å². The molecule has 2 nitrogen and oxygen atoms in total. The fourth-order valence-electron chi connectivity index (χ4n) is 2.26. The lowest BCUT2D eigenvalue weighted by Gasteiger charge is -2.21. The van der Waals surface area contributed by atoms with Crippen LogP contribution in [-0.4, -0.2) is 19.4 Å². The van der Waals surface area contributed by atoms with Gasteiger partial charge in [0.1, 0.15) is 0 Å². The highest BCUT2D eigenvalue weighted by Gasteiger charge is 2.11. The van der Waals surface area contributed by atoms with E-state index < -0.39 is 0 Å². The van der Waals surface area contributed by atoms with Crippen molar-refractivity contribution in [3.63, 3.8) is 0 Å². The van der Waals surface area contributed by atoms with Gasteiger partial charge in [-0.2, -0.15) is 0 Å². The number of anilines is 1. The van der Waals surface area contributed by atoms with Crippen LogP contribution < -0.4 is 4.90 Å². The molecular formula is C17H18INO. The molecule has 0 fully saturated rings. The summed E-state index contributed by atoms with van der Waals surface area (Å²) in [5.74, 6) is 0.142.